The summed E-state index contributed by atoms with van der Waals surface area (Å²) in [7, 11) is 0. The average molecular weight is 270 g/mol. The van der Waals surface area contributed by atoms with Crippen LogP contribution in [0, 0.1) is 5.92 Å². The average Bonchev–Trinajstić information content (AvgIpc) is 2.37. The summed E-state index contributed by atoms with van der Waals surface area (Å²) in [5.74, 6) is 1.28. The van der Waals surface area contributed by atoms with Gasteiger partial charge >= 0.3 is 0 Å². The lowest BCUT2D eigenvalue weighted by molar-refractivity contribution is 0.196. The van der Waals surface area contributed by atoms with Gasteiger partial charge in [-0.2, -0.15) is 0 Å². The number of nitrogens with zero attached hydrogens (tertiary/aromatic N) is 2. The van der Waals surface area contributed by atoms with E-state index < -0.39 is 0 Å². The zero-order chi connectivity index (χ0) is 14.7. The third-order valence-electron chi connectivity index (χ3n) is 3.38. The molecule has 0 amide bonds. The molecule has 0 rings (SSSR count). The smallest absolute Gasteiger partial charge is 0.188 e. The SMILES string of the molecule is CCCCNC(N)=NCC(CC(C)C)N(CC)CC. The predicted octanol–water partition coefficient (Wildman–Crippen LogP) is 2.45. The number of rotatable bonds is 10. The highest BCUT2D eigenvalue weighted by Gasteiger charge is 2.16. The molecule has 4 heteroatoms. The molecule has 4 nitrogen and oxygen atoms in total. The maximum absolute atomic E-state index is 5.90. The fourth-order valence-corrected chi connectivity index (χ4v) is 2.28. The maximum Gasteiger partial charge on any atom is 0.188 e. The van der Waals surface area contributed by atoms with E-state index in [0.29, 0.717) is 17.9 Å². The Balaban J connectivity index is 4.33. The van der Waals surface area contributed by atoms with Crippen LogP contribution in [0.15, 0.2) is 4.99 Å². The molecule has 0 saturated heterocycles. The number of aliphatic imine (C=N–C) groups is 1. The third-order valence-corrected chi connectivity index (χ3v) is 3.38. The van der Waals surface area contributed by atoms with Crippen LogP contribution in [0.1, 0.15) is 53.9 Å². The predicted molar refractivity (Wildman–Crippen MR) is 85.6 cm³/mol. The number of unbranched alkanes of at least 4 members (excludes halogenated alkanes) is 1. The molecule has 0 aliphatic rings. The van der Waals surface area contributed by atoms with E-state index in [1.165, 1.54) is 12.8 Å². The van der Waals surface area contributed by atoms with Gasteiger partial charge in [-0.15, -0.1) is 0 Å². The molecule has 0 aromatic carbocycles. The number of nitrogens with two attached hydrogens (primary N) is 1. The molecule has 0 heterocycles. The summed E-state index contributed by atoms with van der Waals surface area (Å²) in [5, 5.41) is 3.18. The van der Waals surface area contributed by atoms with Gasteiger partial charge in [-0.05, 0) is 31.8 Å². The molecule has 0 radical (unpaired) electrons. The van der Waals surface area contributed by atoms with E-state index in [2.05, 4.69) is 49.8 Å². The van der Waals surface area contributed by atoms with Gasteiger partial charge in [0.05, 0.1) is 6.54 Å². The van der Waals surface area contributed by atoms with E-state index in [-0.39, 0.29) is 0 Å². The summed E-state index contributed by atoms with van der Waals surface area (Å²) in [4.78, 5) is 6.98. The van der Waals surface area contributed by atoms with Crippen LogP contribution < -0.4 is 11.1 Å². The zero-order valence-electron chi connectivity index (χ0n) is 13.6. The van der Waals surface area contributed by atoms with E-state index in [4.69, 9.17) is 5.73 Å². The summed E-state index contributed by atoms with van der Waals surface area (Å²) in [5.41, 5.74) is 5.90. The molecule has 3 N–H and O–H groups in total. The second-order valence-corrected chi connectivity index (χ2v) is 5.51. The van der Waals surface area contributed by atoms with Gasteiger partial charge in [0.2, 0.25) is 0 Å². The van der Waals surface area contributed by atoms with Gasteiger partial charge in [0.25, 0.3) is 0 Å². The van der Waals surface area contributed by atoms with Crippen molar-refractivity contribution in [3.05, 3.63) is 0 Å². The van der Waals surface area contributed by atoms with Gasteiger partial charge in [0.15, 0.2) is 5.96 Å². The first-order valence-corrected chi connectivity index (χ1v) is 7.82. The summed E-state index contributed by atoms with van der Waals surface area (Å²) in [6, 6.07) is 0.501. The lowest BCUT2D eigenvalue weighted by atomic mass is 10.0. The fraction of sp³-hybridized carbons (Fsp3) is 0.933. The van der Waals surface area contributed by atoms with Crippen molar-refractivity contribution < 1.29 is 0 Å². The number of likely N-dealkylation sites (N-methyl/N-ethyl adjacent to an activating group) is 1. The fourth-order valence-electron chi connectivity index (χ4n) is 2.28. The van der Waals surface area contributed by atoms with Gasteiger partial charge < -0.3 is 11.1 Å². The highest BCUT2D eigenvalue weighted by molar-refractivity contribution is 5.77. The minimum absolute atomic E-state index is 0.501. The van der Waals surface area contributed by atoms with Crippen molar-refractivity contribution in [2.75, 3.05) is 26.2 Å². The first-order valence-electron chi connectivity index (χ1n) is 7.82. The molecule has 114 valence electrons. The maximum atomic E-state index is 5.90. The van der Waals surface area contributed by atoms with E-state index in [9.17, 15) is 0 Å². The zero-order valence-corrected chi connectivity index (χ0v) is 13.6. The molecule has 0 aromatic heterocycles. The third kappa shape index (κ3) is 8.87. The number of nitrogens with one attached hydrogen (secondary N) is 1. The molecule has 1 atom stereocenters. The number of guanidine groups is 1. The number of hydrogen-bond acceptors (Lipinski definition) is 2. The van der Waals surface area contributed by atoms with Gasteiger partial charge in [0.1, 0.15) is 0 Å². The highest BCUT2D eigenvalue weighted by Crippen LogP contribution is 2.11. The summed E-state index contributed by atoms with van der Waals surface area (Å²) in [6.45, 7) is 15.0. The highest BCUT2D eigenvalue weighted by atomic mass is 15.2. The molecule has 0 aromatic rings. The van der Waals surface area contributed by atoms with Crippen LogP contribution in [0.5, 0.6) is 0 Å². The van der Waals surface area contributed by atoms with Crippen LogP contribution in [-0.2, 0) is 0 Å². The number of hydrogen-bond donors (Lipinski definition) is 2. The Morgan fingerprint density at radius 3 is 2.32 bits per heavy atom. The standard InChI is InChI=1S/C15H34N4/c1-6-9-10-17-15(16)18-12-14(11-13(4)5)19(7-2)8-3/h13-14H,6-12H2,1-5H3,(H3,16,17,18). The van der Waals surface area contributed by atoms with Crippen molar-refractivity contribution >= 4 is 5.96 Å². The topological polar surface area (TPSA) is 53.6 Å². The Kier molecular flexibility index (Phi) is 10.6. The summed E-state index contributed by atoms with van der Waals surface area (Å²) >= 11 is 0. The first-order chi connectivity index (χ1) is 9.04. The van der Waals surface area contributed by atoms with Crippen molar-refractivity contribution in [3.8, 4) is 0 Å². The van der Waals surface area contributed by atoms with E-state index >= 15 is 0 Å². The lowest BCUT2D eigenvalue weighted by Crippen LogP contribution is -2.40. The summed E-state index contributed by atoms with van der Waals surface area (Å²) < 4.78 is 0. The van der Waals surface area contributed by atoms with Crippen LogP contribution in [0.4, 0.5) is 0 Å². The van der Waals surface area contributed by atoms with Gasteiger partial charge in [0, 0.05) is 12.6 Å². The van der Waals surface area contributed by atoms with Crippen molar-refractivity contribution in [1.82, 2.24) is 10.2 Å². The Hall–Kier alpha value is -0.770. The molecule has 0 aliphatic heterocycles. The van der Waals surface area contributed by atoms with Gasteiger partial charge in [-0.1, -0.05) is 41.0 Å². The van der Waals surface area contributed by atoms with E-state index in [1.807, 2.05) is 0 Å². The molecule has 0 spiro atoms. The molecular formula is C15H34N4. The van der Waals surface area contributed by atoms with Crippen LogP contribution >= 0.6 is 0 Å². The normalized spacial score (nSPS) is 14.2. The Bertz CT molecular complexity index is 234. The largest absolute Gasteiger partial charge is 0.370 e. The first kappa shape index (κ1) is 18.2. The quantitative estimate of drug-likeness (QED) is 0.364. The van der Waals surface area contributed by atoms with Crippen LogP contribution in [0.25, 0.3) is 0 Å². The molecule has 0 bridgehead atoms. The molecular weight excluding hydrogens is 236 g/mol. The van der Waals surface area contributed by atoms with Crippen molar-refractivity contribution in [1.29, 1.82) is 0 Å². The lowest BCUT2D eigenvalue weighted by Gasteiger charge is -2.29. The van der Waals surface area contributed by atoms with Crippen molar-refractivity contribution in [2.24, 2.45) is 16.6 Å². The Morgan fingerprint density at radius 2 is 1.84 bits per heavy atom. The minimum Gasteiger partial charge on any atom is -0.370 e. The molecule has 1 unspecified atom stereocenters. The molecule has 0 aliphatic carbocycles. The molecule has 0 fully saturated rings. The van der Waals surface area contributed by atoms with E-state index in [1.54, 1.807) is 0 Å². The Morgan fingerprint density at radius 1 is 1.21 bits per heavy atom. The second kappa shape index (κ2) is 11.1. The monoisotopic (exact) mass is 270 g/mol. The van der Waals surface area contributed by atoms with Crippen LogP contribution in [-0.4, -0.2) is 43.1 Å². The minimum atomic E-state index is 0.501. The molecule has 0 saturated carbocycles. The van der Waals surface area contributed by atoms with Crippen molar-refractivity contribution in [2.45, 2.75) is 59.9 Å². The molecule has 19 heavy (non-hydrogen) atoms. The second-order valence-electron chi connectivity index (χ2n) is 5.51. The van der Waals surface area contributed by atoms with Gasteiger partial charge in [-0.3, -0.25) is 9.89 Å². The Labute approximate surface area is 119 Å². The summed E-state index contributed by atoms with van der Waals surface area (Å²) in [6.07, 6.45) is 3.49. The van der Waals surface area contributed by atoms with Crippen LogP contribution in [0.2, 0.25) is 0 Å². The van der Waals surface area contributed by atoms with E-state index in [0.717, 1.165) is 32.6 Å². The van der Waals surface area contributed by atoms with Gasteiger partial charge in [-0.25, -0.2) is 0 Å². The van der Waals surface area contributed by atoms with Crippen molar-refractivity contribution in [3.63, 3.8) is 0 Å². The van der Waals surface area contributed by atoms with Crippen LogP contribution in [0.3, 0.4) is 0 Å².